The summed E-state index contributed by atoms with van der Waals surface area (Å²) in [6.07, 6.45) is 1.97. The second-order valence-corrected chi connectivity index (χ2v) is 3.50. The summed E-state index contributed by atoms with van der Waals surface area (Å²) in [5, 5.41) is 7.87. The molecule has 0 amide bonds. The van der Waals surface area contributed by atoms with E-state index in [2.05, 4.69) is 10.2 Å². The minimum Gasteiger partial charge on any atom is -0.396 e. The Kier molecular flexibility index (Phi) is 2.49. The van der Waals surface area contributed by atoms with Crippen molar-refractivity contribution in [1.82, 2.24) is 10.2 Å². The van der Waals surface area contributed by atoms with Gasteiger partial charge >= 0.3 is 0 Å². The number of aromatic nitrogens is 2. The molecule has 1 aromatic rings. The third kappa shape index (κ3) is 1.77. The van der Waals surface area contributed by atoms with Crippen LogP contribution in [-0.2, 0) is 4.74 Å². The molecule has 0 unspecified atom stereocenters. The SMILES string of the molecule is Nc1cc(C2CCOCC2)nnc1N. The van der Waals surface area contributed by atoms with E-state index in [0.717, 1.165) is 31.7 Å². The van der Waals surface area contributed by atoms with Crippen LogP contribution in [0.25, 0.3) is 0 Å². The average Bonchev–Trinajstić information content (AvgIpc) is 2.23. The highest BCUT2D eigenvalue weighted by Gasteiger charge is 2.18. The molecule has 0 aliphatic carbocycles. The fourth-order valence-corrected chi connectivity index (χ4v) is 1.62. The molecule has 1 fully saturated rings. The Labute approximate surface area is 82.5 Å². The highest BCUT2D eigenvalue weighted by atomic mass is 16.5. The van der Waals surface area contributed by atoms with Crippen LogP contribution in [0.3, 0.4) is 0 Å². The predicted octanol–water partition coefficient (Wildman–Crippen LogP) is 0.535. The van der Waals surface area contributed by atoms with Crippen molar-refractivity contribution in [2.45, 2.75) is 18.8 Å². The lowest BCUT2D eigenvalue weighted by Crippen LogP contribution is -2.16. The van der Waals surface area contributed by atoms with E-state index in [1.54, 1.807) is 0 Å². The highest BCUT2D eigenvalue weighted by Crippen LogP contribution is 2.26. The van der Waals surface area contributed by atoms with Gasteiger partial charge < -0.3 is 16.2 Å². The van der Waals surface area contributed by atoms with E-state index in [-0.39, 0.29) is 0 Å². The maximum Gasteiger partial charge on any atom is 0.169 e. The number of nitrogens with zero attached hydrogens (tertiary/aromatic N) is 2. The Hall–Kier alpha value is -1.36. The lowest BCUT2D eigenvalue weighted by molar-refractivity contribution is 0.0843. The lowest BCUT2D eigenvalue weighted by atomic mass is 9.96. The van der Waals surface area contributed by atoms with Crippen molar-refractivity contribution in [2.75, 3.05) is 24.7 Å². The van der Waals surface area contributed by atoms with Gasteiger partial charge in [0.15, 0.2) is 5.82 Å². The number of anilines is 2. The van der Waals surface area contributed by atoms with Gasteiger partial charge in [-0.05, 0) is 18.9 Å². The molecule has 0 atom stereocenters. The number of hydrogen-bond acceptors (Lipinski definition) is 5. The Morgan fingerprint density at radius 1 is 1.21 bits per heavy atom. The molecule has 1 aliphatic rings. The molecule has 14 heavy (non-hydrogen) atoms. The molecular formula is C9H14N4O. The van der Waals surface area contributed by atoms with Crippen LogP contribution in [0, 0.1) is 0 Å². The second-order valence-electron chi connectivity index (χ2n) is 3.50. The number of nitrogen functional groups attached to an aromatic ring is 2. The van der Waals surface area contributed by atoms with Gasteiger partial charge in [-0.3, -0.25) is 0 Å². The summed E-state index contributed by atoms with van der Waals surface area (Å²) in [6, 6.07) is 1.82. The van der Waals surface area contributed by atoms with Crippen molar-refractivity contribution in [3.63, 3.8) is 0 Å². The van der Waals surface area contributed by atoms with Gasteiger partial charge in [-0.2, -0.15) is 5.10 Å². The summed E-state index contributed by atoms with van der Waals surface area (Å²) in [7, 11) is 0. The number of hydrogen-bond donors (Lipinski definition) is 2. The predicted molar refractivity (Wildman–Crippen MR) is 53.7 cm³/mol. The molecule has 1 aromatic heterocycles. The van der Waals surface area contributed by atoms with Crippen LogP contribution in [0.4, 0.5) is 11.5 Å². The van der Waals surface area contributed by atoms with Crippen molar-refractivity contribution in [1.29, 1.82) is 0 Å². The van der Waals surface area contributed by atoms with Crippen LogP contribution in [0.15, 0.2) is 6.07 Å². The topological polar surface area (TPSA) is 87.0 Å². The largest absolute Gasteiger partial charge is 0.396 e. The van der Waals surface area contributed by atoms with E-state index in [1.807, 2.05) is 6.07 Å². The Morgan fingerprint density at radius 2 is 1.93 bits per heavy atom. The molecular weight excluding hydrogens is 180 g/mol. The monoisotopic (exact) mass is 194 g/mol. The molecule has 0 saturated carbocycles. The standard InChI is InChI=1S/C9H14N4O/c10-7-5-8(12-13-9(7)11)6-1-3-14-4-2-6/h5-6H,1-4H2,(H2,10,12)(H2,11,13). The van der Waals surface area contributed by atoms with Gasteiger partial charge in [0, 0.05) is 19.1 Å². The Bertz CT molecular complexity index is 323. The molecule has 1 saturated heterocycles. The van der Waals surface area contributed by atoms with Gasteiger partial charge in [-0.15, -0.1) is 5.10 Å². The van der Waals surface area contributed by atoms with Gasteiger partial charge in [0.25, 0.3) is 0 Å². The van der Waals surface area contributed by atoms with Crippen molar-refractivity contribution >= 4 is 11.5 Å². The molecule has 1 aliphatic heterocycles. The minimum absolute atomic E-state index is 0.306. The fourth-order valence-electron chi connectivity index (χ4n) is 1.62. The summed E-state index contributed by atoms with van der Waals surface area (Å²) >= 11 is 0. The van der Waals surface area contributed by atoms with E-state index in [9.17, 15) is 0 Å². The molecule has 2 rings (SSSR count). The van der Waals surface area contributed by atoms with Crippen molar-refractivity contribution in [2.24, 2.45) is 0 Å². The highest BCUT2D eigenvalue weighted by molar-refractivity contribution is 5.57. The molecule has 0 bridgehead atoms. The van der Waals surface area contributed by atoms with Crippen LogP contribution in [0.2, 0.25) is 0 Å². The summed E-state index contributed by atoms with van der Waals surface area (Å²) in [5.74, 6) is 0.722. The van der Waals surface area contributed by atoms with Gasteiger partial charge in [0.2, 0.25) is 0 Å². The molecule has 2 heterocycles. The van der Waals surface area contributed by atoms with Gasteiger partial charge in [-0.1, -0.05) is 0 Å². The fraction of sp³-hybridized carbons (Fsp3) is 0.556. The summed E-state index contributed by atoms with van der Waals surface area (Å²) < 4.78 is 5.27. The molecule has 5 heteroatoms. The second kappa shape index (κ2) is 3.79. The molecule has 0 spiro atoms. The smallest absolute Gasteiger partial charge is 0.169 e. The van der Waals surface area contributed by atoms with Crippen LogP contribution < -0.4 is 11.5 Å². The maximum atomic E-state index is 5.67. The summed E-state index contributed by atoms with van der Waals surface area (Å²) in [5.41, 5.74) is 12.6. The van der Waals surface area contributed by atoms with Crippen LogP contribution in [-0.4, -0.2) is 23.4 Å². The van der Waals surface area contributed by atoms with Gasteiger partial charge in [-0.25, -0.2) is 0 Å². The van der Waals surface area contributed by atoms with Crippen LogP contribution in [0.5, 0.6) is 0 Å². The Balaban J connectivity index is 2.18. The molecule has 4 N–H and O–H groups in total. The third-order valence-electron chi connectivity index (χ3n) is 2.51. The first-order valence-electron chi connectivity index (χ1n) is 4.73. The zero-order valence-electron chi connectivity index (χ0n) is 7.94. The minimum atomic E-state index is 0.306. The molecule has 0 aromatic carbocycles. The van der Waals surface area contributed by atoms with Crippen LogP contribution in [0.1, 0.15) is 24.5 Å². The molecule has 5 nitrogen and oxygen atoms in total. The first-order valence-corrected chi connectivity index (χ1v) is 4.73. The van der Waals surface area contributed by atoms with E-state index < -0.39 is 0 Å². The Morgan fingerprint density at radius 3 is 2.57 bits per heavy atom. The zero-order valence-corrected chi connectivity index (χ0v) is 7.94. The van der Waals surface area contributed by atoms with Crippen molar-refractivity contribution < 1.29 is 4.74 Å². The molecule has 76 valence electrons. The van der Waals surface area contributed by atoms with E-state index in [1.165, 1.54) is 0 Å². The lowest BCUT2D eigenvalue weighted by Gasteiger charge is -2.21. The first-order chi connectivity index (χ1) is 6.77. The normalized spacial score (nSPS) is 18.3. The summed E-state index contributed by atoms with van der Waals surface area (Å²) in [6.45, 7) is 1.58. The quantitative estimate of drug-likeness (QED) is 0.681. The van der Waals surface area contributed by atoms with Gasteiger partial charge in [0.1, 0.15) is 0 Å². The van der Waals surface area contributed by atoms with E-state index in [4.69, 9.17) is 16.2 Å². The molecule has 0 radical (unpaired) electrons. The van der Waals surface area contributed by atoms with Gasteiger partial charge in [0.05, 0.1) is 11.4 Å². The average molecular weight is 194 g/mol. The third-order valence-corrected chi connectivity index (χ3v) is 2.51. The van der Waals surface area contributed by atoms with E-state index in [0.29, 0.717) is 17.4 Å². The number of rotatable bonds is 1. The maximum absolute atomic E-state index is 5.67. The van der Waals surface area contributed by atoms with Crippen LogP contribution >= 0.6 is 0 Å². The van der Waals surface area contributed by atoms with E-state index >= 15 is 0 Å². The first kappa shape index (κ1) is 9.21. The summed E-state index contributed by atoms with van der Waals surface area (Å²) in [4.78, 5) is 0. The van der Waals surface area contributed by atoms with Crippen molar-refractivity contribution in [3.05, 3.63) is 11.8 Å². The number of nitrogens with two attached hydrogens (primary N) is 2. The van der Waals surface area contributed by atoms with Crippen molar-refractivity contribution in [3.8, 4) is 0 Å². The number of ether oxygens (including phenoxy) is 1. The zero-order chi connectivity index (χ0) is 9.97.